The Labute approximate surface area is 160 Å². The molecule has 26 heavy (non-hydrogen) atoms. The number of allylic oxidation sites excluding steroid dienone is 1. The summed E-state index contributed by atoms with van der Waals surface area (Å²) >= 11 is 2.82. The number of fused-ring (bicyclic) bond motifs is 1. The summed E-state index contributed by atoms with van der Waals surface area (Å²) in [7, 11) is 0. The molecule has 0 bridgehead atoms. The van der Waals surface area contributed by atoms with E-state index in [0.29, 0.717) is 22.7 Å². The van der Waals surface area contributed by atoms with E-state index in [-0.39, 0.29) is 17.1 Å². The molecule has 0 aliphatic heterocycles. The average molecular weight is 388 g/mol. The molecular weight excluding hydrogens is 366 g/mol. The first-order valence-corrected chi connectivity index (χ1v) is 10.1. The maximum atomic E-state index is 12.9. The van der Waals surface area contributed by atoms with Gasteiger partial charge in [-0.3, -0.25) is 14.2 Å². The summed E-state index contributed by atoms with van der Waals surface area (Å²) in [6.45, 7) is 11.9. The second-order valence-corrected chi connectivity index (χ2v) is 8.41. The van der Waals surface area contributed by atoms with Crippen LogP contribution in [0.5, 0.6) is 0 Å². The number of nitrogens with one attached hydrogen (secondary N) is 1. The predicted molar refractivity (Wildman–Crippen MR) is 109 cm³/mol. The standard InChI is InChI=1S/C19H21N3O2S2/c1-6-7-22-18(24)16-11(3)13(5)26-17(16)21-19(22)25-9-15(23)14-8-10(2)20-12(14)4/h6,8,20H,1,7,9H2,2-5H3. The quantitative estimate of drug-likeness (QED) is 0.298. The van der Waals surface area contributed by atoms with Crippen LogP contribution in [0.1, 0.15) is 32.2 Å². The lowest BCUT2D eigenvalue weighted by atomic mass is 10.2. The number of ketones is 1. The average Bonchev–Trinajstić information content (AvgIpc) is 3.07. The normalized spacial score (nSPS) is 11.2. The van der Waals surface area contributed by atoms with Crippen molar-refractivity contribution in [3.8, 4) is 0 Å². The number of aromatic nitrogens is 3. The van der Waals surface area contributed by atoms with Gasteiger partial charge in [0, 0.05) is 28.4 Å². The van der Waals surface area contributed by atoms with Crippen LogP contribution in [0.4, 0.5) is 0 Å². The largest absolute Gasteiger partial charge is 0.362 e. The fourth-order valence-corrected chi connectivity index (χ4v) is 4.89. The molecule has 0 saturated heterocycles. The Kier molecular flexibility index (Phi) is 5.20. The summed E-state index contributed by atoms with van der Waals surface area (Å²) in [4.78, 5) is 35.1. The summed E-state index contributed by atoms with van der Waals surface area (Å²) in [5.41, 5.74) is 3.43. The highest BCUT2D eigenvalue weighted by Gasteiger charge is 2.18. The Bertz CT molecular complexity index is 1070. The number of nitrogens with zero attached hydrogens (tertiary/aromatic N) is 2. The fraction of sp³-hybridized carbons (Fsp3) is 0.316. The molecule has 0 fully saturated rings. The van der Waals surface area contributed by atoms with Gasteiger partial charge >= 0.3 is 0 Å². The zero-order chi connectivity index (χ0) is 19.0. The Morgan fingerprint density at radius 2 is 2.12 bits per heavy atom. The van der Waals surface area contributed by atoms with Gasteiger partial charge in [0.05, 0.1) is 11.1 Å². The Morgan fingerprint density at radius 3 is 2.73 bits per heavy atom. The number of aryl methyl sites for hydroxylation is 4. The molecule has 3 aromatic rings. The number of carbonyl (C=O) groups excluding carboxylic acids is 1. The predicted octanol–water partition coefficient (Wildman–Crippen LogP) is 4.18. The van der Waals surface area contributed by atoms with Crippen molar-refractivity contribution in [2.24, 2.45) is 0 Å². The second-order valence-electron chi connectivity index (χ2n) is 6.27. The van der Waals surface area contributed by atoms with Gasteiger partial charge in [-0.2, -0.15) is 0 Å². The van der Waals surface area contributed by atoms with Crippen molar-refractivity contribution in [1.29, 1.82) is 0 Å². The minimum atomic E-state index is -0.0691. The van der Waals surface area contributed by atoms with Gasteiger partial charge in [0.15, 0.2) is 10.9 Å². The summed E-state index contributed by atoms with van der Waals surface area (Å²) in [6, 6.07) is 1.86. The number of Topliss-reactive ketones (excluding diaryl/α,β-unsaturated/α-hetero) is 1. The molecule has 3 rings (SSSR count). The highest BCUT2D eigenvalue weighted by atomic mass is 32.2. The van der Waals surface area contributed by atoms with Crippen molar-refractivity contribution in [2.45, 2.75) is 39.4 Å². The smallest absolute Gasteiger partial charge is 0.263 e. The van der Waals surface area contributed by atoms with Crippen LogP contribution in [0.3, 0.4) is 0 Å². The number of H-pyrrole nitrogens is 1. The zero-order valence-electron chi connectivity index (χ0n) is 15.3. The van der Waals surface area contributed by atoms with Crippen LogP contribution in [0.2, 0.25) is 0 Å². The molecule has 7 heteroatoms. The molecule has 0 aromatic carbocycles. The molecular formula is C19H21N3O2S2. The SMILES string of the molecule is C=CCn1c(SCC(=O)c2cc(C)[nH]c2C)nc2sc(C)c(C)c2c1=O. The van der Waals surface area contributed by atoms with E-state index < -0.39 is 0 Å². The van der Waals surface area contributed by atoms with Crippen molar-refractivity contribution in [3.05, 3.63) is 56.5 Å². The monoisotopic (exact) mass is 387 g/mol. The molecule has 0 saturated carbocycles. The zero-order valence-corrected chi connectivity index (χ0v) is 16.9. The lowest BCUT2D eigenvalue weighted by Gasteiger charge is -2.10. The summed E-state index contributed by atoms with van der Waals surface area (Å²) in [5.74, 6) is 0.256. The minimum Gasteiger partial charge on any atom is -0.362 e. The van der Waals surface area contributed by atoms with Gasteiger partial charge in [-0.05, 0) is 39.3 Å². The number of thiophene rings is 1. The molecule has 3 aromatic heterocycles. The van der Waals surface area contributed by atoms with E-state index in [4.69, 9.17) is 0 Å². The van der Waals surface area contributed by atoms with E-state index in [1.807, 2.05) is 33.8 Å². The van der Waals surface area contributed by atoms with Gasteiger partial charge < -0.3 is 4.98 Å². The van der Waals surface area contributed by atoms with Gasteiger partial charge in [0.2, 0.25) is 0 Å². The molecule has 0 atom stereocenters. The van der Waals surface area contributed by atoms with Crippen molar-refractivity contribution < 1.29 is 4.79 Å². The minimum absolute atomic E-state index is 0.0230. The van der Waals surface area contributed by atoms with E-state index in [9.17, 15) is 9.59 Å². The van der Waals surface area contributed by atoms with Gasteiger partial charge in [-0.25, -0.2) is 4.98 Å². The van der Waals surface area contributed by atoms with Crippen LogP contribution < -0.4 is 5.56 Å². The lowest BCUT2D eigenvalue weighted by Crippen LogP contribution is -2.23. The number of hydrogen-bond acceptors (Lipinski definition) is 5. The van der Waals surface area contributed by atoms with E-state index in [2.05, 4.69) is 16.5 Å². The van der Waals surface area contributed by atoms with Crippen molar-refractivity contribution >= 4 is 39.1 Å². The van der Waals surface area contributed by atoms with Crippen LogP contribution in [-0.2, 0) is 6.54 Å². The first kappa shape index (κ1) is 18.7. The summed E-state index contributed by atoms with van der Waals surface area (Å²) in [5, 5.41) is 1.23. The Morgan fingerprint density at radius 1 is 1.38 bits per heavy atom. The highest BCUT2D eigenvalue weighted by Crippen LogP contribution is 2.28. The maximum absolute atomic E-state index is 12.9. The van der Waals surface area contributed by atoms with E-state index in [1.54, 1.807) is 10.6 Å². The maximum Gasteiger partial charge on any atom is 0.263 e. The topological polar surface area (TPSA) is 67.8 Å². The van der Waals surface area contributed by atoms with Crippen molar-refractivity contribution in [1.82, 2.24) is 14.5 Å². The third kappa shape index (κ3) is 3.29. The molecule has 0 aliphatic rings. The molecule has 0 aliphatic carbocycles. The van der Waals surface area contributed by atoms with Crippen LogP contribution in [0.15, 0.2) is 28.7 Å². The van der Waals surface area contributed by atoms with Gasteiger partial charge in [-0.1, -0.05) is 17.8 Å². The fourth-order valence-electron chi connectivity index (χ4n) is 2.93. The van der Waals surface area contributed by atoms with E-state index in [0.717, 1.165) is 26.7 Å². The van der Waals surface area contributed by atoms with Crippen LogP contribution in [-0.4, -0.2) is 26.1 Å². The number of carbonyl (C=O) groups is 1. The number of aromatic amines is 1. The van der Waals surface area contributed by atoms with Crippen LogP contribution in [0.25, 0.3) is 10.2 Å². The van der Waals surface area contributed by atoms with Crippen LogP contribution in [0, 0.1) is 27.7 Å². The number of rotatable bonds is 6. The number of hydrogen-bond donors (Lipinski definition) is 1. The van der Waals surface area contributed by atoms with Crippen molar-refractivity contribution in [2.75, 3.05) is 5.75 Å². The number of thioether (sulfide) groups is 1. The Balaban J connectivity index is 1.97. The Hall–Kier alpha value is -2.12. The molecule has 3 heterocycles. The highest BCUT2D eigenvalue weighted by molar-refractivity contribution is 7.99. The van der Waals surface area contributed by atoms with Gasteiger partial charge in [0.1, 0.15) is 4.83 Å². The second kappa shape index (κ2) is 7.25. The van der Waals surface area contributed by atoms with Crippen LogP contribution >= 0.6 is 23.1 Å². The first-order valence-electron chi connectivity index (χ1n) is 8.27. The molecule has 0 amide bonds. The molecule has 0 radical (unpaired) electrons. The van der Waals surface area contributed by atoms with E-state index >= 15 is 0 Å². The molecule has 0 unspecified atom stereocenters. The first-order chi connectivity index (χ1) is 12.3. The summed E-state index contributed by atoms with van der Waals surface area (Å²) in [6.07, 6.45) is 1.68. The third-order valence-corrected chi connectivity index (χ3v) is 6.43. The molecule has 136 valence electrons. The van der Waals surface area contributed by atoms with Gasteiger partial charge in [-0.15, -0.1) is 17.9 Å². The van der Waals surface area contributed by atoms with Gasteiger partial charge in [0.25, 0.3) is 5.56 Å². The molecule has 5 nitrogen and oxygen atoms in total. The molecule has 0 spiro atoms. The summed E-state index contributed by atoms with van der Waals surface area (Å²) < 4.78 is 1.60. The lowest BCUT2D eigenvalue weighted by molar-refractivity contribution is 0.102. The third-order valence-electron chi connectivity index (χ3n) is 4.35. The molecule has 1 N–H and O–H groups in total. The van der Waals surface area contributed by atoms with E-state index in [1.165, 1.54) is 23.1 Å². The van der Waals surface area contributed by atoms with Crippen molar-refractivity contribution in [3.63, 3.8) is 0 Å².